The number of carbonyl (C=O) groups excluding carboxylic acids is 3. The van der Waals surface area contributed by atoms with Gasteiger partial charge in [-0.15, -0.1) is 0 Å². The van der Waals surface area contributed by atoms with Crippen LogP contribution in [-0.4, -0.2) is 40.9 Å². The molecule has 1 rings (SSSR count). The van der Waals surface area contributed by atoms with Crippen molar-refractivity contribution in [1.82, 2.24) is 10.6 Å². The van der Waals surface area contributed by atoms with E-state index < -0.39 is 18.2 Å². The van der Waals surface area contributed by atoms with Crippen LogP contribution < -0.4 is 10.6 Å². The number of hydrogen-bond acceptors (Lipinski definition) is 4. The third-order valence-corrected chi connectivity index (χ3v) is 5.74. The lowest BCUT2D eigenvalue weighted by molar-refractivity contribution is -0.132. The molecule has 0 saturated heterocycles. The van der Waals surface area contributed by atoms with E-state index in [1.165, 1.54) is 13.3 Å². The molecule has 29 heavy (non-hydrogen) atoms. The van der Waals surface area contributed by atoms with Gasteiger partial charge in [-0.25, -0.2) is 0 Å². The first-order valence-electron chi connectivity index (χ1n) is 11.4. The SMILES string of the molecule is CC(=O)[C@H](O)[C@H](CC1CCCCC1)NC(=O)[C@H](CC(C)C)NC(=O)CCC(C)C. The van der Waals surface area contributed by atoms with Gasteiger partial charge in [0, 0.05) is 6.42 Å². The average molecular weight is 411 g/mol. The summed E-state index contributed by atoms with van der Waals surface area (Å²) in [7, 11) is 0. The fourth-order valence-corrected chi connectivity index (χ4v) is 4.00. The van der Waals surface area contributed by atoms with E-state index in [2.05, 4.69) is 24.5 Å². The fraction of sp³-hybridized carbons (Fsp3) is 0.870. The Labute approximate surface area is 176 Å². The van der Waals surface area contributed by atoms with Gasteiger partial charge in [0.25, 0.3) is 0 Å². The highest BCUT2D eigenvalue weighted by Gasteiger charge is 2.31. The lowest BCUT2D eigenvalue weighted by Gasteiger charge is -2.31. The molecule has 0 aliphatic heterocycles. The van der Waals surface area contributed by atoms with Crippen molar-refractivity contribution in [3.8, 4) is 0 Å². The largest absolute Gasteiger partial charge is 0.383 e. The first-order chi connectivity index (χ1) is 13.6. The van der Waals surface area contributed by atoms with Gasteiger partial charge in [0.1, 0.15) is 12.1 Å². The maximum atomic E-state index is 13.0. The lowest BCUT2D eigenvalue weighted by Crippen LogP contribution is -2.54. The molecule has 0 radical (unpaired) electrons. The Kier molecular flexibility index (Phi) is 11.5. The Morgan fingerprint density at radius 3 is 2.10 bits per heavy atom. The third kappa shape index (κ3) is 10.2. The summed E-state index contributed by atoms with van der Waals surface area (Å²) < 4.78 is 0. The van der Waals surface area contributed by atoms with Gasteiger partial charge in [-0.2, -0.15) is 0 Å². The second-order valence-corrected chi connectivity index (χ2v) is 9.59. The maximum absolute atomic E-state index is 13.0. The van der Waals surface area contributed by atoms with Crippen LogP contribution in [0.4, 0.5) is 0 Å². The molecule has 0 aromatic carbocycles. The highest BCUT2D eigenvalue weighted by molar-refractivity contribution is 5.88. The van der Waals surface area contributed by atoms with Gasteiger partial charge in [-0.05, 0) is 43.9 Å². The van der Waals surface area contributed by atoms with Gasteiger partial charge in [0.2, 0.25) is 11.8 Å². The van der Waals surface area contributed by atoms with Crippen molar-refractivity contribution in [1.29, 1.82) is 0 Å². The smallest absolute Gasteiger partial charge is 0.242 e. The number of amides is 2. The zero-order valence-electron chi connectivity index (χ0n) is 19.0. The second-order valence-electron chi connectivity index (χ2n) is 9.59. The molecule has 1 fully saturated rings. The predicted molar refractivity (Wildman–Crippen MR) is 115 cm³/mol. The topological polar surface area (TPSA) is 95.5 Å². The maximum Gasteiger partial charge on any atom is 0.242 e. The summed E-state index contributed by atoms with van der Waals surface area (Å²) in [5.74, 6) is 0.280. The fourth-order valence-electron chi connectivity index (χ4n) is 4.00. The minimum atomic E-state index is -1.21. The Hall–Kier alpha value is -1.43. The van der Waals surface area contributed by atoms with Gasteiger partial charge in [0.15, 0.2) is 5.78 Å². The van der Waals surface area contributed by atoms with Crippen LogP contribution in [0.15, 0.2) is 0 Å². The Bertz CT molecular complexity index is 527. The van der Waals surface area contributed by atoms with E-state index in [1.807, 2.05) is 13.8 Å². The molecule has 168 valence electrons. The highest BCUT2D eigenvalue weighted by Crippen LogP contribution is 2.28. The van der Waals surface area contributed by atoms with Crippen LogP contribution in [0.2, 0.25) is 0 Å². The molecule has 0 bridgehead atoms. The molecule has 0 heterocycles. The lowest BCUT2D eigenvalue weighted by atomic mass is 9.83. The number of hydrogen-bond donors (Lipinski definition) is 3. The molecular formula is C23H42N2O4. The molecule has 6 heteroatoms. The molecule has 1 aliphatic carbocycles. The molecule has 0 aromatic heterocycles. The normalized spacial score (nSPS) is 18.3. The molecule has 6 nitrogen and oxygen atoms in total. The monoisotopic (exact) mass is 410 g/mol. The van der Waals surface area contributed by atoms with Crippen molar-refractivity contribution in [2.24, 2.45) is 17.8 Å². The van der Waals surface area contributed by atoms with Crippen LogP contribution in [0.25, 0.3) is 0 Å². The molecule has 0 spiro atoms. The minimum Gasteiger partial charge on any atom is -0.383 e. The summed E-state index contributed by atoms with van der Waals surface area (Å²) in [5.41, 5.74) is 0. The number of ketones is 1. The van der Waals surface area contributed by atoms with Gasteiger partial charge in [-0.1, -0.05) is 59.8 Å². The number of nitrogens with one attached hydrogen (secondary N) is 2. The van der Waals surface area contributed by atoms with E-state index >= 15 is 0 Å². The van der Waals surface area contributed by atoms with Gasteiger partial charge in [0.05, 0.1) is 6.04 Å². The van der Waals surface area contributed by atoms with Crippen LogP contribution in [0.5, 0.6) is 0 Å². The Morgan fingerprint density at radius 1 is 0.966 bits per heavy atom. The van der Waals surface area contributed by atoms with E-state index in [4.69, 9.17) is 0 Å². The van der Waals surface area contributed by atoms with Crippen molar-refractivity contribution < 1.29 is 19.5 Å². The molecule has 0 unspecified atom stereocenters. The van der Waals surface area contributed by atoms with Crippen molar-refractivity contribution in [3.05, 3.63) is 0 Å². The molecule has 3 atom stereocenters. The summed E-state index contributed by atoms with van der Waals surface area (Å²) in [4.78, 5) is 37.1. The molecule has 3 N–H and O–H groups in total. The van der Waals surface area contributed by atoms with Crippen molar-refractivity contribution in [2.75, 3.05) is 0 Å². The van der Waals surface area contributed by atoms with Crippen LogP contribution in [0, 0.1) is 17.8 Å². The van der Waals surface area contributed by atoms with E-state index in [-0.39, 0.29) is 23.5 Å². The van der Waals surface area contributed by atoms with Gasteiger partial charge >= 0.3 is 0 Å². The van der Waals surface area contributed by atoms with E-state index in [9.17, 15) is 19.5 Å². The van der Waals surface area contributed by atoms with Gasteiger partial charge in [-0.3, -0.25) is 14.4 Å². The zero-order chi connectivity index (χ0) is 22.0. The second kappa shape index (κ2) is 13.0. The molecule has 0 aromatic rings. The zero-order valence-corrected chi connectivity index (χ0v) is 19.0. The van der Waals surface area contributed by atoms with Crippen LogP contribution in [0.3, 0.4) is 0 Å². The van der Waals surface area contributed by atoms with Crippen LogP contribution >= 0.6 is 0 Å². The first kappa shape index (κ1) is 25.6. The third-order valence-electron chi connectivity index (χ3n) is 5.74. The summed E-state index contributed by atoms with van der Waals surface area (Å²) in [6.07, 6.45) is 6.74. The van der Waals surface area contributed by atoms with E-state index in [1.54, 1.807) is 0 Å². The Balaban J connectivity index is 2.80. The quantitative estimate of drug-likeness (QED) is 0.460. The number of carbonyl (C=O) groups is 3. The van der Waals surface area contributed by atoms with Crippen LogP contribution in [0.1, 0.15) is 92.4 Å². The first-order valence-corrected chi connectivity index (χ1v) is 11.4. The summed E-state index contributed by atoms with van der Waals surface area (Å²) in [6, 6.07) is -1.26. The summed E-state index contributed by atoms with van der Waals surface area (Å²) in [5, 5.41) is 16.2. The van der Waals surface area contributed by atoms with Crippen molar-refractivity contribution in [2.45, 2.75) is 111 Å². The van der Waals surface area contributed by atoms with E-state index in [0.717, 1.165) is 32.1 Å². The minimum absolute atomic E-state index is 0.129. The van der Waals surface area contributed by atoms with Gasteiger partial charge < -0.3 is 15.7 Å². The number of aliphatic hydroxyl groups is 1. The van der Waals surface area contributed by atoms with Crippen molar-refractivity contribution >= 4 is 17.6 Å². The number of aliphatic hydroxyl groups excluding tert-OH is 1. The van der Waals surface area contributed by atoms with E-state index in [0.29, 0.717) is 31.1 Å². The summed E-state index contributed by atoms with van der Waals surface area (Å²) in [6.45, 7) is 9.48. The highest BCUT2D eigenvalue weighted by atomic mass is 16.3. The standard InChI is InChI=1S/C23H42N2O4/c1-15(2)11-12-21(27)24-20(13-16(3)4)23(29)25-19(22(28)17(5)26)14-18-9-7-6-8-10-18/h15-16,18-20,22,28H,6-14H2,1-5H3,(H,24,27)(H,25,29)/t19-,20-,22-/m0/s1. The Morgan fingerprint density at radius 2 is 1.59 bits per heavy atom. The van der Waals surface area contributed by atoms with Crippen molar-refractivity contribution in [3.63, 3.8) is 0 Å². The summed E-state index contributed by atoms with van der Waals surface area (Å²) >= 11 is 0. The number of rotatable bonds is 12. The predicted octanol–water partition coefficient (Wildman–Crippen LogP) is 3.36. The molecule has 1 saturated carbocycles. The molecular weight excluding hydrogens is 368 g/mol. The number of Topliss-reactive ketones (excluding diaryl/α,β-unsaturated/α-hetero) is 1. The molecule has 1 aliphatic rings. The average Bonchev–Trinajstić information content (AvgIpc) is 2.65. The molecule has 2 amide bonds. The van der Waals surface area contributed by atoms with Crippen LogP contribution in [-0.2, 0) is 14.4 Å².